The van der Waals surface area contributed by atoms with Gasteiger partial charge in [0.1, 0.15) is 0 Å². The second-order valence-corrected chi connectivity index (χ2v) is 4.90. The van der Waals surface area contributed by atoms with Crippen LogP contribution in [0.5, 0.6) is 0 Å². The van der Waals surface area contributed by atoms with Gasteiger partial charge in [0, 0.05) is 31.4 Å². The molecule has 2 atom stereocenters. The van der Waals surface area contributed by atoms with Crippen LogP contribution in [-0.2, 0) is 6.18 Å². The van der Waals surface area contributed by atoms with Crippen molar-refractivity contribution in [2.24, 2.45) is 0 Å². The minimum absolute atomic E-state index is 0.0202. The van der Waals surface area contributed by atoms with E-state index in [1.807, 2.05) is 13.8 Å². The van der Waals surface area contributed by atoms with Crippen molar-refractivity contribution in [2.75, 3.05) is 18.0 Å². The topological polar surface area (TPSA) is 28.2 Å². The lowest BCUT2D eigenvalue weighted by Crippen LogP contribution is -2.54. The highest BCUT2D eigenvalue weighted by Gasteiger charge is 2.33. The van der Waals surface area contributed by atoms with Crippen LogP contribution < -0.4 is 10.2 Å². The Hall–Kier alpha value is -1.37. The molecule has 1 aromatic rings. The molecule has 0 radical (unpaired) electrons. The Balaban J connectivity index is 2.26. The van der Waals surface area contributed by atoms with E-state index in [0.717, 1.165) is 0 Å². The summed E-state index contributed by atoms with van der Waals surface area (Å²) >= 11 is 0. The molecule has 106 valence electrons. The Morgan fingerprint density at radius 3 is 2.32 bits per heavy atom. The second-order valence-electron chi connectivity index (χ2n) is 4.90. The Kier molecular flexibility index (Phi) is 3.66. The molecule has 1 saturated heterocycles. The van der Waals surface area contributed by atoms with Gasteiger partial charge in [0.25, 0.3) is 0 Å². The van der Waals surface area contributed by atoms with Gasteiger partial charge in [-0.1, -0.05) is 0 Å². The molecule has 1 aromatic heterocycles. The van der Waals surface area contributed by atoms with Crippen LogP contribution in [0.25, 0.3) is 0 Å². The quantitative estimate of drug-likeness (QED) is 0.799. The molecule has 19 heavy (non-hydrogen) atoms. The Labute approximate surface area is 108 Å². The second kappa shape index (κ2) is 4.96. The van der Waals surface area contributed by atoms with Crippen molar-refractivity contribution in [3.8, 4) is 0 Å². The van der Waals surface area contributed by atoms with Crippen LogP contribution in [0.2, 0.25) is 0 Å². The van der Waals surface area contributed by atoms with Crippen LogP contribution in [0.15, 0.2) is 12.3 Å². The largest absolute Gasteiger partial charge is 0.417 e. The van der Waals surface area contributed by atoms with E-state index >= 15 is 0 Å². The van der Waals surface area contributed by atoms with Crippen molar-refractivity contribution < 1.29 is 17.6 Å². The molecule has 1 N–H and O–H groups in total. The fraction of sp³-hybridized carbons (Fsp3) is 0.583. The van der Waals surface area contributed by atoms with E-state index in [1.165, 1.54) is 0 Å². The first-order chi connectivity index (χ1) is 8.77. The summed E-state index contributed by atoms with van der Waals surface area (Å²) in [4.78, 5) is 5.31. The number of anilines is 1. The fourth-order valence-electron chi connectivity index (χ4n) is 2.32. The zero-order valence-electron chi connectivity index (χ0n) is 10.6. The highest BCUT2D eigenvalue weighted by Crippen LogP contribution is 2.31. The van der Waals surface area contributed by atoms with Gasteiger partial charge in [-0.05, 0) is 19.9 Å². The van der Waals surface area contributed by atoms with E-state index < -0.39 is 17.6 Å². The number of aromatic nitrogens is 1. The van der Waals surface area contributed by atoms with Gasteiger partial charge in [0.05, 0.1) is 5.56 Å². The molecule has 1 aliphatic rings. The van der Waals surface area contributed by atoms with Crippen molar-refractivity contribution in [3.63, 3.8) is 0 Å². The van der Waals surface area contributed by atoms with E-state index in [0.29, 0.717) is 25.4 Å². The lowest BCUT2D eigenvalue weighted by atomic mass is 10.1. The number of piperazine rings is 1. The summed E-state index contributed by atoms with van der Waals surface area (Å²) in [5.41, 5.74) is -1.06. The Bertz CT molecular complexity index is 451. The summed E-state index contributed by atoms with van der Waals surface area (Å²) in [6.45, 7) is 4.90. The number of halogens is 4. The van der Waals surface area contributed by atoms with Crippen molar-refractivity contribution in [2.45, 2.75) is 32.1 Å². The van der Waals surface area contributed by atoms with Crippen LogP contribution >= 0.6 is 0 Å². The minimum Gasteiger partial charge on any atom is -0.351 e. The van der Waals surface area contributed by atoms with Crippen molar-refractivity contribution in [1.29, 1.82) is 0 Å². The van der Waals surface area contributed by atoms with Gasteiger partial charge in [0.15, 0.2) is 11.6 Å². The van der Waals surface area contributed by atoms with E-state index in [-0.39, 0.29) is 17.9 Å². The summed E-state index contributed by atoms with van der Waals surface area (Å²) in [6.07, 6.45) is -3.90. The molecular formula is C12H15F4N3. The third-order valence-corrected chi connectivity index (χ3v) is 3.01. The molecular weight excluding hydrogens is 262 g/mol. The van der Waals surface area contributed by atoms with E-state index in [2.05, 4.69) is 10.3 Å². The maximum Gasteiger partial charge on any atom is 0.417 e. The van der Waals surface area contributed by atoms with Gasteiger partial charge in [-0.25, -0.2) is 9.37 Å². The Morgan fingerprint density at radius 2 is 1.84 bits per heavy atom. The van der Waals surface area contributed by atoms with Crippen LogP contribution in [-0.4, -0.2) is 30.2 Å². The molecule has 0 amide bonds. The highest BCUT2D eigenvalue weighted by molar-refractivity contribution is 5.42. The average molecular weight is 277 g/mol. The number of hydrogen-bond donors (Lipinski definition) is 1. The van der Waals surface area contributed by atoms with Crippen molar-refractivity contribution in [1.82, 2.24) is 10.3 Å². The normalized spacial score (nSPS) is 24.6. The smallest absolute Gasteiger partial charge is 0.351 e. The summed E-state index contributed by atoms with van der Waals surface area (Å²) in [5.74, 6) is -0.954. The summed E-state index contributed by atoms with van der Waals surface area (Å²) in [5, 5.41) is 3.26. The van der Waals surface area contributed by atoms with Crippen molar-refractivity contribution >= 4 is 5.82 Å². The van der Waals surface area contributed by atoms with Gasteiger partial charge in [0.2, 0.25) is 0 Å². The Morgan fingerprint density at radius 1 is 1.26 bits per heavy atom. The molecule has 0 spiro atoms. The molecule has 1 fully saturated rings. The maximum absolute atomic E-state index is 13.8. The highest BCUT2D eigenvalue weighted by atomic mass is 19.4. The number of pyridine rings is 1. The zero-order chi connectivity index (χ0) is 14.2. The molecule has 2 heterocycles. The average Bonchev–Trinajstić information content (AvgIpc) is 2.26. The first kappa shape index (κ1) is 14.0. The standard InChI is InChI=1S/C12H15F4N3/c1-7-5-19(6-8(2)18-7)11-10(13)3-9(4-17-11)12(14,15)16/h3-4,7-8,18H,5-6H2,1-2H3/t7-,8+. The molecule has 3 nitrogen and oxygen atoms in total. The number of hydrogen-bond acceptors (Lipinski definition) is 3. The maximum atomic E-state index is 13.8. The lowest BCUT2D eigenvalue weighted by Gasteiger charge is -2.37. The van der Waals surface area contributed by atoms with Gasteiger partial charge in [-0.2, -0.15) is 13.2 Å². The van der Waals surface area contributed by atoms with Crippen LogP contribution in [0.1, 0.15) is 19.4 Å². The first-order valence-electron chi connectivity index (χ1n) is 6.01. The van der Waals surface area contributed by atoms with Crippen LogP contribution in [0.3, 0.4) is 0 Å². The molecule has 7 heteroatoms. The molecule has 2 rings (SSSR count). The SMILES string of the molecule is C[C@@H]1CN(c2ncc(C(F)(F)F)cc2F)C[C@H](C)N1. The van der Waals surface area contributed by atoms with Crippen LogP contribution in [0, 0.1) is 5.82 Å². The summed E-state index contributed by atoms with van der Waals surface area (Å²) < 4.78 is 51.1. The van der Waals surface area contributed by atoms with E-state index in [4.69, 9.17) is 0 Å². The molecule has 0 unspecified atom stereocenters. The first-order valence-corrected chi connectivity index (χ1v) is 6.01. The predicted molar refractivity (Wildman–Crippen MR) is 63.5 cm³/mol. The third kappa shape index (κ3) is 3.15. The molecule has 0 aromatic carbocycles. The molecule has 0 aliphatic carbocycles. The summed E-state index contributed by atoms with van der Waals surface area (Å²) in [6, 6.07) is 0.763. The van der Waals surface area contributed by atoms with Gasteiger partial charge < -0.3 is 10.2 Å². The van der Waals surface area contributed by atoms with Gasteiger partial charge in [-0.3, -0.25) is 0 Å². The zero-order valence-corrected chi connectivity index (χ0v) is 10.6. The van der Waals surface area contributed by atoms with Crippen LogP contribution in [0.4, 0.5) is 23.4 Å². The van der Waals surface area contributed by atoms with E-state index in [9.17, 15) is 17.6 Å². The minimum atomic E-state index is -4.57. The van der Waals surface area contributed by atoms with Gasteiger partial charge >= 0.3 is 6.18 Å². The predicted octanol–water partition coefficient (Wildman–Crippen LogP) is 2.43. The molecule has 1 aliphatic heterocycles. The van der Waals surface area contributed by atoms with Gasteiger partial charge in [-0.15, -0.1) is 0 Å². The molecule has 0 bridgehead atoms. The number of nitrogens with zero attached hydrogens (tertiary/aromatic N) is 2. The number of nitrogens with one attached hydrogen (secondary N) is 1. The molecule has 0 saturated carbocycles. The van der Waals surface area contributed by atoms with E-state index in [1.54, 1.807) is 4.90 Å². The third-order valence-electron chi connectivity index (χ3n) is 3.01. The monoisotopic (exact) mass is 277 g/mol. The fourth-order valence-corrected chi connectivity index (χ4v) is 2.32. The number of alkyl halides is 3. The summed E-state index contributed by atoms with van der Waals surface area (Å²) in [7, 11) is 0. The lowest BCUT2D eigenvalue weighted by molar-refractivity contribution is -0.138. The van der Waals surface area contributed by atoms with Crippen molar-refractivity contribution in [3.05, 3.63) is 23.6 Å². The number of rotatable bonds is 1.